The fourth-order valence-corrected chi connectivity index (χ4v) is 1.92. The Morgan fingerprint density at radius 3 is 2.93 bits per heavy atom. The molecule has 0 atom stereocenters. The van der Waals surface area contributed by atoms with Gasteiger partial charge in [0.15, 0.2) is 5.76 Å². The Kier molecular flexibility index (Phi) is 3.11. The highest BCUT2D eigenvalue weighted by Crippen LogP contribution is 2.20. The average Bonchev–Trinajstić information content (AvgIpc) is 2.69. The van der Waals surface area contributed by atoms with Crippen molar-refractivity contribution in [1.29, 1.82) is 0 Å². The molecule has 0 amide bonds. The molecule has 2 aromatic rings. The SMILES string of the molecule is CCSCC(=O)c1cc2ccccc2o1. The molecule has 0 bridgehead atoms. The average molecular weight is 220 g/mol. The van der Waals surface area contributed by atoms with E-state index in [0.29, 0.717) is 11.5 Å². The Balaban J connectivity index is 2.25. The number of hydrogen-bond donors (Lipinski definition) is 0. The van der Waals surface area contributed by atoms with Gasteiger partial charge in [0, 0.05) is 5.39 Å². The predicted octanol–water partition coefficient (Wildman–Crippen LogP) is 3.37. The number of para-hydroxylation sites is 1. The first-order chi connectivity index (χ1) is 7.31. The van der Waals surface area contributed by atoms with Crippen LogP contribution in [0.1, 0.15) is 17.5 Å². The summed E-state index contributed by atoms with van der Waals surface area (Å²) in [7, 11) is 0. The van der Waals surface area contributed by atoms with Crippen LogP contribution in [0.4, 0.5) is 0 Å². The Morgan fingerprint density at radius 1 is 1.40 bits per heavy atom. The summed E-state index contributed by atoms with van der Waals surface area (Å²) in [6.07, 6.45) is 0. The number of ketones is 1. The van der Waals surface area contributed by atoms with Gasteiger partial charge in [-0.15, -0.1) is 0 Å². The summed E-state index contributed by atoms with van der Waals surface area (Å²) < 4.78 is 5.46. The normalized spacial score (nSPS) is 10.7. The summed E-state index contributed by atoms with van der Waals surface area (Å²) >= 11 is 1.61. The molecular weight excluding hydrogens is 208 g/mol. The van der Waals surface area contributed by atoms with Gasteiger partial charge in [-0.3, -0.25) is 4.79 Å². The van der Waals surface area contributed by atoms with Gasteiger partial charge in [0.2, 0.25) is 5.78 Å². The Hall–Kier alpha value is -1.22. The summed E-state index contributed by atoms with van der Waals surface area (Å²) in [6.45, 7) is 2.04. The van der Waals surface area contributed by atoms with E-state index in [1.807, 2.05) is 37.3 Å². The van der Waals surface area contributed by atoms with E-state index in [-0.39, 0.29) is 5.78 Å². The number of carbonyl (C=O) groups excluding carboxylic acids is 1. The molecule has 2 rings (SSSR count). The molecule has 1 aromatic heterocycles. The molecule has 0 N–H and O–H groups in total. The van der Waals surface area contributed by atoms with E-state index in [4.69, 9.17) is 4.42 Å². The quantitative estimate of drug-likeness (QED) is 0.740. The van der Waals surface area contributed by atoms with E-state index in [1.54, 1.807) is 11.8 Å². The Labute approximate surface area is 92.7 Å². The number of hydrogen-bond acceptors (Lipinski definition) is 3. The van der Waals surface area contributed by atoms with Crippen molar-refractivity contribution >= 4 is 28.5 Å². The third kappa shape index (κ3) is 2.23. The third-order valence-electron chi connectivity index (χ3n) is 2.14. The number of rotatable bonds is 4. The van der Waals surface area contributed by atoms with Crippen LogP contribution in [0.5, 0.6) is 0 Å². The van der Waals surface area contributed by atoms with Crippen LogP contribution in [0.15, 0.2) is 34.7 Å². The van der Waals surface area contributed by atoms with Gasteiger partial charge in [-0.1, -0.05) is 25.1 Å². The third-order valence-corrected chi connectivity index (χ3v) is 3.01. The predicted molar refractivity (Wildman–Crippen MR) is 63.5 cm³/mol. The molecule has 2 nitrogen and oxygen atoms in total. The van der Waals surface area contributed by atoms with Crippen molar-refractivity contribution < 1.29 is 9.21 Å². The largest absolute Gasteiger partial charge is 0.453 e. The van der Waals surface area contributed by atoms with E-state index in [1.165, 1.54) is 0 Å². The van der Waals surface area contributed by atoms with Crippen LogP contribution >= 0.6 is 11.8 Å². The van der Waals surface area contributed by atoms with Crippen molar-refractivity contribution in [3.05, 3.63) is 36.1 Å². The number of furan rings is 1. The van der Waals surface area contributed by atoms with Crippen molar-refractivity contribution in [2.45, 2.75) is 6.92 Å². The molecule has 0 radical (unpaired) electrons. The van der Waals surface area contributed by atoms with Crippen molar-refractivity contribution in [3.63, 3.8) is 0 Å². The second-order valence-corrected chi connectivity index (χ2v) is 4.48. The van der Waals surface area contributed by atoms with Crippen LogP contribution in [-0.4, -0.2) is 17.3 Å². The molecule has 0 unspecified atom stereocenters. The van der Waals surface area contributed by atoms with Gasteiger partial charge < -0.3 is 4.42 Å². The highest BCUT2D eigenvalue weighted by molar-refractivity contribution is 7.99. The molecule has 1 heterocycles. The van der Waals surface area contributed by atoms with Gasteiger partial charge in [-0.25, -0.2) is 0 Å². The second-order valence-electron chi connectivity index (χ2n) is 3.21. The zero-order chi connectivity index (χ0) is 10.7. The molecule has 0 aliphatic heterocycles. The molecule has 1 aromatic carbocycles. The van der Waals surface area contributed by atoms with Crippen molar-refractivity contribution in [2.24, 2.45) is 0 Å². The lowest BCUT2D eigenvalue weighted by molar-refractivity contribution is 0.0994. The van der Waals surface area contributed by atoms with Crippen LogP contribution in [0.3, 0.4) is 0 Å². The standard InChI is InChI=1S/C12H12O2S/c1-2-15-8-10(13)12-7-9-5-3-4-6-11(9)14-12/h3-7H,2,8H2,1H3. The first-order valence-corrected chi connectivity index (χ1v) is 6.06. The second kappa shape index (κ2) is 4.53. The van der Waals surface area contributed by atoms with Crippen molar-refractivity contribution in [1.82, 2.24) is 0 Å². The Bertz CT molecular complexity index is 440. The molecule has 78 valence electrons. The molecule has 3 heteroatoms. The minimum Gasteiger partial charge on any atom is -0.453 e. The number of fused-ring (bicyclic) bond motifs is 1. The summed E-state index contributed by atoms with van der Waals surface area (Å²) in [4.78, 5) is 11.7. The van der Waals surface area contributed by atoms with Crippen LogP contribution in [0.2, 0.25) is 0 Å². The van der Waals surface area contributed by atoms with E-state index in [2.05, 4.69) is 0 Å². The van der Waals surface area contributed by atoms with E-state index in [0.717, 1.165) is 16.7 Å². The number of thioether (sulfide) groups is 1. The summed E-state index contributed by atoms with van der Waals surface area (Å²) in [5.41, 5.74) is 0.780. The van der Waals surface area contributed by atoms with Crippen LogP contribution in [0.25, 0.3) is 11.0 Å². The maximum atomic E-state index is 11.7. The molecule has 0 saturated heterocycles. The van der Waals surface area contributed by atoms with E-state index < -0.39 is 0 Å². The number of Topliss-reactive ketones (excluding diaryl/α,β-unsaturated/α-hetero) is 1. The molecule has 0 spiro atoms. The lowest BCUT2D eigenvalue weighted by atomic mass is 10.2. The highest BCUT2D eigenvalue weighted by Gasteiger charge is 2.11. The lowest BCUT2D eigenvalue weighted by Crippen LogP contribution is -2.00. The van der Waals surface area contributed by atoms with Gasteiger partial charge in [-0.2, -0.15) is 11.8 Å². The molecule has 0 aliphatic carbocycles. The number of carbonyl (C=O) groups is 1. The van der Waals surface area contributed by atoms with Gasteiger partial charge >= 0.3 is 0 Å². The molecule has 0 saturated carbocycles. The topological polar surface area (TPSA) is 30.2 Å². The van der Waals surface area contributed by atoms with Crippen LogP contribution in [-0.2, 0) is 0 Å². The first-order valence-electron chi connectivity index (χ1n) is 4.91. The lowest BCUT2D eigenvalue weighted by Gasteiger charge is -1.93. The van der Waals surface area contributed by atoms with Crippen LogP contribution < -0.4 is 0 Å². The smallest absolute Gasteiger partial charge is 0.207 e. The molecule has 15 heavy (non-hydrogen) atoms. The fourth-order valence-electron chi connectivity index (χ4n) is 1.39. The summed E-state index contributed by atoms with van der Waals surface area (Å²) in [5, 5.41) is 0.988. The molecule has 0 fully saturated rings. The van der Waals surface area contributed by atoms with Gasteiger partial charge in [0.1, 0.15) is 5.58 Å². The minimum absolute atomic E-state index is 0.0676. The van der Waals surface area contributed by atoms with E-state index in [9.17, 15) is 4.79 Å². The highest BCUT2D eigenvalue weighted by atomic mass is 32.2. The molecular formula is C12H12O2S. The Morgan fingerprint density at radius 2 is 2.20 bits per heavy atom. The minimum atomic E-state index is 0.0676. The summed E-state index contributed by atoms with van der Waals surface area (Å²) in [5.74, 6) is 1.98. The van der Waals surface area contributed by atoms with Crippen LogP contribution in [0, 0.1) is 0 Å². The summed E-state index contributed by atoms with van der Waals surface area (Å²) in [6, 6.07) is 9.48. The van der Waals surface area contributed by atoms with Gasteiger partial charge in [-0.05, 0) is 17.9 Å². The fraction of sp³-hybridized carbons (Fsp3) is 0.250. The number of benzene rings is 1. The zero-order valence-electron chi connectivity index (χ0n) is 8.53. The first kappa shape index (κ1) is 10.3. The monoisotopic (exact) mass is 220 g/mol. The van der Waals surface area contributed by atoms with Crippen molar-refractivity contribution in [3.8, 4) is 0 Å². The maximum absolute atomic E-state index is 11.7. The van der Waals surface area contributed by atoms with Crippen molar-refractivity contribution in [2.75, 3.05) is 11.5 Å². The zero-order valence-corrected chi connectivity index (χ0v) is 9.34. The maximum Gasteiger partial charge on any atom is 0.207 e. The van der Waals surface area contributed by atoms with E-state index >= 15 is 0 Å². The van der Waals surface area contributed by atoms with Gasteiger partial charge in [0.25, 0.3) is 0 Å². The molecule has 0 aliphatic rings. The van der Waals surface area contributed by atoms with Gasteiger partial charge in [0.05, 0.1) is 5.75 Å².